The van der Waals surface area contributed by atoms with Crippen LogP contribution in [-0.4, -0.2) is 53.2 Å². The molecule has 2 atom stereocenters. The molecule has 178 valence electrons. The van der Waals surface area contributed by atoms with Crippen LogP contribution in [-0.2, 0) is 22.7 Å². The van der Waals surface area contributed by atoms with Crippen molar-refractivity contribution in [2.45, 2.75) is 50.7 Å². The molecule has 5 rings (SSSR count). The zero-order chi connectivity index (χ0) is 23.7. The fourth-order valence-corrected chi connectivity index (χ4v) is 5.80. The smallest absolute Gasteiger partial charge is 0.255 e. The van der Waals surface area contributed by atoms with Gasteiger partial charge in [0.05, 0.1) is 0 Å². The Balaban J connectivity index is 1.20. The quantitative estimate of drug-likeness (QED) is 0.646. The number of hydrogen-bond donors (Lipinski definition) is 2. The SMILES string of the molecule is NCC(c1ccccc1)C1CCN(Cc2ccc3c(c2)CN(C2CCC(=O)NC2=O)C3=O)CC1. The van der Waals surface area contributed by atoms with Crippen LogP contribution in [0.1, 0.15) is 58.6 Å². The van der Waals surface area contributed by atoms with Gasteiger partial charge in [-0.05, 0) is 73.5 Å². The monoisotopic (exact) mass is 460 g/mol. The highest BCUT2D eigenvalue weighted by Crippen LogP contribution is 2.33. The van der Waals surface area contributed by atoms with E-state index in [2.05, 4.69) is 40.5 Å². The van der Waals surface area contributed by atoms with Crippen LogP contribution >= 0.6 is 0 Å². The summed E-state index contributed by atoms with van der Waals surface area (Å²) < 4.78 is 0. The minimum Gasteiger partial charge on any atom is -0.330 e. The number of piperidine rings is 2. The van der Waals surface area contributed by atoms with E-state index in [4.69, 9.17) is 5.73 Å². The summed E-state index contributed by atoms with van der Waals surface area (Å²) in [6, 6.07) is 16.1. The number of hydrogen-bond acceptors (Lipinski definition) is 5. The minimum atomic E-state index is -0.569. The van der Waals surface area contributed by atoms with E-state index in [9.17, 15) is 14.4 Å². The second-order valence-corrected chi connectivity index (χ2v) is 9.76. The fourth-order valence-electron chi connectivity index (χ4n) is 5.80. The molecule has 7 heteroatoms. The molecular weight excluding hydrogens is 428 g/mol. The molecule has 2 unspecified atom stereocenters. The van der Waals surface area contributed by atoms with Crippen molar-refractivity contribution in [2.75, 3.05) is 19.6 Å². The molecule has 2 aromatic carbocycles. The van der Waals surface area contributed by atoms with Crippen LogP contribution in [0.2, 0.25) is 0 Å². The van der Waals surface area contributed by atoms with Crippen molar-refractivity contribution in [1.29, 1.82) is 0 Å². The van der Waals surface area contributed by atoms with Crippen molar-refractivity contribution >= 4 is 17.7 Å². The molecule has 0 saturated carbocycles. The van der Waals surface area contributed by atoms with Gasteiger partial charge in [0.2, 0.25) is 11.8 Å². The first-order valence-corrected chi connectivity index (χ1v) is 12.3. The second-order valence-electron chi connectivity index (χ2n) is 9.76. The lowest BCUT2D eigenvalue weighted by Gasteiger charge is -2.36. The summed E-state index contributed by atoms with van der Waals surface area (Å²) in [5, 5.41) is 2.36. The van der Waals surface area contributed by atoms with Crippen molar-refractivity contribution in [1.82, 2.24) is 15.1 Å². The number of amides is 3. The van der Waals surface area contributed by atoms with Crippen LogP contribution < -0.4 is 11.1 Å². The summed E-state index contributed by atoms with van der Waals surface area (Å²) in [6.45, 7) is 4.02. The molecule has 7 nitrogen and oxygen atoms in total. The lowest BCUT2D eigenvalue weighted by Crippen LogP contribution is -2.52. The summed E-state index contributed by atoms with van der Waals surface area (Å²) in [7, 11) is 0. The lowest BCUT2D eigenvalue weighted by atomic mass is 9.80. The fraction of sp³-hybridized carbons (Fsp3) is 0.444. The molecular formula is C27H32N4O3. The van der Waals surface area contributed by atoms with Gasteiger partial charge in [0, 0.05) is 25.1 Å². The molecule has 0 spiro atoms. The minimum absolute atomic E-state index is 0.120. The first kappa shape index (κ1) is 22.7. The Kier molecular flexibility index (Phi) is 6.48. The Morgan fingerprint density at radius 2 is 1.76 bits per heavy atom. The molecule has 3 amide bonds. The van der Waals surface area contributed by atoms with Crippen LogP contribution in [0, 0.1) is 5.92 Å². The molecule has 2 saturated heterocycles. The van der Waals surface area contributed by atoms with E-state index >= 15 is 0 Å². The van der Waals surface area contributed by atoms with Crippen LogP contribution in [0.5, 0.6) is 0 Å². The van der Waals surface area contributed by atoms with Crippen molar-refractivity contribution in [2.24, 2.45) is 11.7 Å². The zero-order valence-electron chi connectivity index (χ0n) is 19.4. The Morgan fingerprint density at radius 3 is 2.47 bits per heavy atom. The second kappa shape index (κ2) is 9.68. The number of rotatable bonds is 6. The Bertz CT molecular complexity index is 1080. The topological polar surface area (TPSA) is 95.7 Å². The molecule has 0 bridgehead atoms. The van der Waals surface area contributed by atoms with Gasteiger partial charge in [0.1, 0.15) is 6.04 Å². The van der Waals surface area contributed by atoms with Crippen molar-refractivity contribution in [3.05, 3.63) is 70.8 Å². The highest BCUT2D eigenvalue weighted by Gasteiger charge is 2.39. The lowest BCUT2D eigenvalue weighted by molar-refractivity contribution is -0.136. The maximum atomic E-state index is 12.9. The first-order chi connectivity index (χ1) is 16.5. The number of nitrogens with one attached hydrogen (secondary N) is 1. The number of imide groups is 1. The molecule has 3 N–H and O–H groups in total. The predicted molar refractivity (Wildman–Crippen MR) is 129 cm³/mol. The van der Waals surface area contributed by atoms with E-state index in [1.165, 1.54) is 11.1 Å². The number of carbonyl (C=O) groups excluding carboxylic acids is 3. The number of likely N-dealkylation sites (tertiary alicyclic amines) is 1. The van der Waals surface area contributed by atoms with Gasteiger partial charge >= 0.3 is 0 Å². The van der Waals surface area contributed by atoms with Gasteiger partial charge in [0.15, 0.2) is 0 Å². The average molecular weight is 461 g/mol. The van der Waals surface area contributed by atoms with Crippen molar-refractivity contribution in [3.8, 4) is 0 Å². The van der Waals surface area contributed by atoms with Crippen molar-refractivity contribution in [3.63, 3.8) is 0 Å². The third kappa shape index (κ3) is 4.50. The van der Waals surface area contributed by atoms with Gasteiger partial charge in [-0.3, -0.25) is 24.6 Å². The Morgan fingerprint density at radius 1 is 1.00 bits per heavy atom. The maximum Gasteiger partial charge on any atom is 0.255 e. The summed E-state index contributed by atoms with van der Waals surface area (Å²) in [4.78, 5) is 40.7. The van der Waals surface area contributed by atoms with Gasteiger partial charge in [-0.25, -0.2) is 0 Å². The Labute approximate surface area is 200 Å². The molecule has 2 fully saturated rings. The van der Waals surface area contributed by atoms with Crippen LogP contribution in [0.25, 0.3) is 0 Å². The molecule has 0 aromatic heterocycles. The molecule has 2 aromatic rings. The third-order valence-corrected chi connectivity index (χ3v) is 7.68. The summed E-state index contributed by atoms with van der Waals surface area (Å²) in [6.07, 6.45) is 2.92. The summed E-state index contributed by atoms with van der Waals surface area (Å²) in [5.41, 5.74) is 10.3. The number of carbonyl (C=O) groups is 3. The molecule has 3 aliphatic rings. The zero-order valence-corrected chi connectivity index (χ0v) is 19.4. The standard InChI is InChI=1S/C27H32N4O3/c28-15-23(19-4-2-1-3-5-19)20-10-12-30(13-11-20)16-18-6-7-22-21(14-18)17-31(27(22)34)24-8-9-25(32)29-26(24)33/h1-7,14,20,23-24H,8-13,15-17,28H2,(H,29,32,33). The molecule has 0 aliphatic carbocycles. The largest absolute Gasteiger partial charge is 0.330 e. The number of fused-ring (bicyclic) bond motifs is 1. The maximum absolute atomic E-state index is 12.9. The highest BCUT2D eigenvalue weighted by molar-refractivity contribution is 6.05. The van der Waals surface area contributed by atoms with Gasteiger partial charge in [0.25, 0.3) is 5.91 Å². The predicted octanol–water partition coefficient (Wildman–Crippen LogP) is 2.40. The summed E-state index contributed by atoms with van der Waals surface area (Å²) in [5.74, 6) is 0.256. The van der Waals surface area contributed by atoms with Crippen LogP contribution in [0.15, 0.2) is 48.5 Å². The highest BCUT2D eigenvalue weighted by atomic mass is 16.2. The molecule has 34 heavy (non-hydrogen) atoms. The average Bonchev–Trinajstić information content (AvgIpc) is 3.17. The Hall–Kier alpha value is -3.03. The van der Waals surface area contributed by atoms with Gasteiger partial charge in [-0.2, -0.15) is 0 Å². The number of nitrogens with two attached hydrogens (primary N) is 1. The van der Waals surface area contributed by atoms with E-state index in [0.29, 0.717) is 36.9 Å². The third-order valence-electron chi connectivity index (χ3n) is 7.68. The number of benzene rings is 2. The first-order valence-electron chi connectivity index (χ1n) is 12.3. The summed E-state index contributed by atoms with van der Waals surface area (Å²) >= 11 is 0. The van der Waals surface area contributed by atoms with Crippen LogP contribution in [0.4, 0.5) is 0 Å². The molecule has 3 aliphatic heterocycles. The van der Waals surface area contributed by atoms with E-state index in [1.54, 1.807) is 4.90 Å². The van der Waals surface area contributed by atoms with E-state index in [0.717, 1.165) is 38.0 Å². The van der Waals surface area contributed by atoms with E-state index < -0.39 is 6.04 Å². The molecule has 3 heterocycles. The van der Waals surface area contributed by atoms with Gasteiger partial charge < -0.3 is 10.6 Å². The number of nitrogens with zero attached hydrogens (tertiary/aromatic N) is 2. The van der Waals surface area contributed by atoms with E-state index in [1.807, 2.05) is 18.2 Å². The van der Waals surface area contributed by atoms with Crippen LogP contribution in [0.3, 0.4) is 0 Å². The van der Waals surface area contributed by atoms with Gasteiger partial charge in [-0.15, -0.1) is 0 Å². The van der Waals surface area contributed by atoms with Gasteiger partial charge in [-0.1, -0.05) is 42.5 Å². The normalized spacial score (nSPS) is 22.6. The molecule has 0 radical (unpaired) electrons. The van der Waals surface area contributed by atoms with E-state index in [-0.39, 0.29) is 24.1 Å². The van der Waals surface area contributed by atoms with Crippen molar-refractivity contribution < 1.29 is 14.4 Å².